The first-order valence-electron chi connectivity index (χ1n) is 7.24. The van der Waals surface area contributed by atoms with Crippen molar-refractivity contribution in [2.75, 3.05) is 18.4 Å². The standard InChI is InChI=1S/C16H15BrF2N2O3S/c1-2-21(25(23,24)13-6-3-11(17)4-7-13)10-16(22)20-15-9-12(18)5-8-14(15)19/h3-9H,2,10H2,1H3,(H,20,22). The van der Waals surface area contributed by atoms with E-state index in [1.54, 1.807) is 19.1 Å². The van der Waals surface area contributed by atoms with Crippen LogP contribution in [0.3, 0.4) is 0 Å². The van der Waals surface area contributed by atoms with Crippen LogP contribution in [0.1, 0.15) is 6.92 Å². The second-order valence-corrected chi connectivity index (χ2v) is 7.91. The van der Waals surface area contributed by atoms with Crippen LogP contribution < -0.4 is 5.32 Å². The van der Waals surface area contributed by atoms with Gasteiger partial charge in [0.15, 0.2) is 0 Å². The highest BCUT2D eigenvalue weighted by molar-refractivity contribution is 9.10. The number of anilines is 1. The second-order valence-electron chi connectivity index (χ2n) is 5.06. The fraction of sp³-hybridized carbons (Fsp3) is 0.188. The molecule has 0 saturated heterocycles. The molecule has 0 aromatic heterocycles. The van der Waals surface area contributed by atoms with Gasteiger partial charge < -0.3 is 5.32 Å². The van der Waals surface area contributed by atoms with Gasteiger partial charge in [-0.25, -0.2) is 17.2 Å². The number of nitrogens with zero attached hydrogens (tertiary/aromatic N) is 1. The third-order valence-corrected chi connectivity index (χ3v) is 5.79. The van der Waals surface area contributed by atoms with Crippen LogP contribution in [-0.2, 0) is 14.8 Å². The predicted octanol–water partition coefficient (Wildman–Crippen LogP) is 3.38. The van der Waals surface area contributed by atoms with E-state index in [-0.39, 0.29) is 17.1 Å². The molecule has 0 aliphatic rings. The lowest BCUT2D eigenvalue weighted by atomic mass is 10.3. The molecule has 5 nitrogen and oxygen atoms in total. The van der Waals surface area contributed by atoms with Crippen LogP contribution in [0.4, 0.5) is 14.5 Å². The first kappa shape index (κ1) is 19.5. The molecule has 0 spiro atoms. The Morgan fingerprint density at radius 3 is 2.40 bits per heavy atom. The van der Waals surface area contributed by atoms with Gasteiger partial charge in [0.25, 0.3) is 0 Å². The highest BCUT2D eigenvalue weighted by atomic mass is 79.9. The molecule has 0 bridgehead atoms. The number of halogens is 3. The van der Waals surface area contributed by atoms with E-state index >= 15 is 0 Å². The number of amides is 1. The fourth-order valence-corrected chi connectivity index (χ4v) is 3.74. The average Bonchev–Trinajstić information content (AvgIpc) is 2.56. The van der Waals surface area contributed by atoms with Crippen molar-refractivity contribution in [3.63, 3.8) is 0 Å². The highest BCUT2D eigenvalue weighted by Crippen LogP contribution is 2.19. The van der Waals surface area contributed by atoms with E-state index in [4.69, 9.17) is 0 Å². The van der Waals surface area contributed by atoms with Gasteiger partial charge >= 0.3 is 0 Å². The smallest absolute Gasteiger partial charge is 0.243 e. The summed E-state index contributed by atoms with van der Waals surface area (Å²) in [4.78, 5) is 12.1. The van der Waals surface area contributed by atoms with Crippen LogP contribution >= 0.6 is 15.9 Å². The van der Waals surface area contributed by atoms with Crippen LogP contribution in [0.25, 0.3) is 0 Å². The van der Waals surface area contributed by atoms with Crippen molar-refractivity contribution in [1.82, 2.24) is 4.31 Å². The normalized spacial score (nSPS) is 11.6. The summed E-state index contributed by atoms with van der Waals surface area (Å²) in [6.07, 6.45) is 0. The summed E-state index contributed by atoms with van der Waals surface area (Å²) in [5, 5.41) is 2.18. The van der Waals surface area contributed by atoms with Crippen molar-refractivity contribution < 1.29 is 22.0 Å². The average molecular weight is 433 g/mol. The SMILES string of the molecule is CCN(CC(=O)Nc1cc(F)ccc1F)S(=O)(=O)c1ccc(Br)cc1. The van der Waals surface area contributed by atoms with Gasteiger partial charge in [-0.2, -0.15) is 4.31 Å². The Balaban J connectivity index is 2.16. The molecule has 0 unspecified atom stereocenters. The number of benzene rings is 2. The molecule has 25 heavy (non-hydrogen) atoms. The Hall–Kier alpha value is -1.84. The molecule has 2 rings (SSSR count). The number of sulfonamides is 1. The Bertz CT molecular complexity index is 873. The summed E-state index contributed by atoms with van der Waals surface area (Å²) >= 11 is 3.22. The molecule has 0 heterocycles. The molecule has 2 aromatic rings. The van der Waals surface area contributed by atoms with Crippen LogP contribution in [0.2, 0.25) is 0 Å². The maximum absolute atomic E-state index is 13.6. The van der Waals surface area contributed by atoms with Gasteiger partial charge in [-0.1, -0.05) is 22.9 Å². The van der Waals surface area contributed by atoms with E-state index in [1.165, 1.54) is 12.1 Å². The monoisotopic (exact) mass is 432 g/mol. The number of likely N-dealkylation sites (N-methyl/N-ethyl adjacent to an activating group) is 1. The third-order valence-electron chi connectivity index (χ3n) is 3.33. The molecular weight excluding hydrogens is 418 g/mol. The number of carbonyl (C=O) groups is 1. The van der Waals surface area contributed by atoms with E-state index < -0.39 is 34.1 Å². The molecule has 0 atom stereocenters. The van der Waals surface area contributed by atoms with E-state index in [9.17, 15) is 22.0 Å². The van der Waals surface area contributed by atoms with Crippen LogP contribution in [0, 0.1) is 11.6 Å². The molecule has 0 fully saturated rings. The lowest BCUT2D eigenvalue weighted by molar-refractivity contribution is -0.116. The van der Waals surface area contributed by atoms with E-state index in [0.717, 1.165) is 22.5 Å². The molecule has 0 aliphatic heterocycles. The minimum Gasteiger partial charge on any atom is -0.322 e. The fourth-order valence-electron chi connectivity index (χ4n) is 2.07. The van der Waals surface area contributed by atoms with Crippen molar-refractivity contribution >= 4 is 37.5 Å². The zero-order valence-electron chi connectivity index (χ0n) is 13.2. The Morgan fingerprint density at radius 1 is 1.16 bits per heavy atom. The second kappa shape index (κ2) is 8.03. The summed E-state index contributed by atoms with van der Waals surface area (Å²) in [6, 6.07) is 8.58. The molecule has 1 N–H and O–H groups in total. The van der Waals surface area contributed by atoms with Crippen LogP contribution in [0.5, 0.6) is 0 Å². The van der Waals surface area contributed by atoms with Crippen molar-refractivity contribution in [3.05, 3.63) is 58.6 Å². The van der Waals surface area contributed by atoms with Gasteiger partial charge in [0, 0.05) is 17.1 Å². The van der Waals surface area contributed by atoms with Crippen LogP contribution in [-0.4, -0.2) is 31.7 Å². The predicted molar refractivity (Wildman–Crippen MR) is 93.6 cm³/mol. The number of hydrogen-bond acceptors (Lipinski definition) is 3. The van der Waals surface area contributed by atoms with E-state index in [0.29, 0.717) is 4.47 Å². The van der Waals surface area contributed by atoms with E-state index in [2.05, 4.69) is 21.2 Å². The number of hydrogen-bond donors (Lipinski definition) is 1. The quantitative estimate of drug-likeness (QED) is 0.760. The van der Waals surface area contributed by atoms with Gasteiger partial charge in [-0.15, -0.1) is 0 Å². The van der Waals surface area contributed by atoms with Crippen molar-refractivity contribution in [3.8, 4) is 0 Å². The summed E-state index contributed by atoms with van der Waals surface area (Å²) in [5.74, 6) is -2.30. The van der Waals surface area contributed by atoms with Crippen LogP contribution in [0.15, 0.2) is 51.8 Å². The molecule has 0 saturated carbocycles. The van der Waals surface area contributed by atoms with Crippen molar-refractivity contribution in [1.29, 1.82) is 0 Å². The summed E-state index contributed by atoms with van der Waals surface area (Å²) in [7, 11) is -3.89. The minimum atomic E-state index is -3.89. The highest BCUT2D eigenvalue weighted by Gasteiger charge is 2.25. The molecule has 0 aliphatic carbocycles. The van der Waals surface area contributed by atoms with Gasteiger partial charge in [0.2, 0.25) is 15.9 Å². The summed E-state index contributed by atoms with van der Waals surface area (Å²) in [5.41, 5.74) is -0.345. The first-order valence-corrected chi connectivity index (χ1v) is 9.48. The molecule has 9 heteroatoms. The number of nitrogens with one attached hydrogen (secondary N) is 1. The molecule has 134 valence electrons. The lowest BCUT2D eigenvalue weighted by Gasteiger charge is -2.20. The van der Waals surface area contributed by atoms with Crippen molar-refractivity contribution in [2.24, 2.45) is 0 Å². The lowest BCUT2D eigenvalue weighted by Crippen LogP contribution is -2.38. The van der Waals surface area contributed by atoms with Crippen molar-refractivity contribution in [2.45, 2.75) is 11.8 Å². The number of rotatable bonds is 6. The maximum atomic E-state index is 13.6. The topological polar surface area (TPSA) is 66.5 Å². The molecule has 1 amide bonds. The molecule has 0 radical (unpaired) electrons. The van der Waals surface area contributed by atoms with Gasteiger partial charge in [0.05, 0.1) is 17.1 Å². The zero-order chi connectivity index (χ0) is 18.6. The largest absolute Gasteiger partial charge is 0.322 e. The Morgan fingerprint density at radius 2 is 1.80 bits per heavy atom. The maximum Gasteiger partial charge on any atom is 0.243 e. The molecule has 2 aromatic carbocycles. The van der Waals surface area contributed by atoms with Gasteiger partial charge in [-0.3, -0.25) is 4.79 Å². The summed E-state index contributed by atoms with van der Waals surface area (Å²) in [6.45, 7) is 1.09. The third kappa shape index (κ3) is 4.83. The number of carbonyl (C=O) groups excluding carboxylic acids is 1. The van der Waals surface area contributed by atoms with E-state index in [1.807, 2.05) is 0 Å². The summed E-state index contributed by atoms with van der Waals surface area (Å²) < 4.78 is 53.5. The van der Waals surface area contributed by atoms with Gasteiger partial charge in [-0.05, 0) is 36.4 Å². The minimum absolute atomic E-state index is 0.0299. The Labute approximate surface area is 152 Å². The van der Waals surface area contributed by atoms with Gasteiger partial charge in [0.1, 0.15) is 11.6 Å². The first-order chi connectivity index (χ1) is 11.7. The zero-order valence-corrected chi connectivity index (χ0v) is 15.6. The molecular formula is C16H15BrF2N2O3S. The Kier molecular flexibility index (Phi) is 6.26.